The van der Waals surface area contributed by atoms with Gasteiger partial charge in [0.15, 0.2) is 5.90 Å². The fourth-order valence-corrected chi connectivity index (χ4v) is 0.399. The Balaban J connectivity index is 3.85. The number of aliphatic imine (C=N–C) groups is 1. The number of ether oxygens (including phenoxy) is 1. The van der Waals surface area contributed by atoms with Crippen LogP contribution in [0.25, 0.3) is 0 Å². The Kier molecular flexibility index (Phi) is 4.40. The van der Waals surface area contributed by atoms with Crippen LogP contribution in [0.15, 0.2) is 4.99 Å². The molecule has 11 heavy (non-hydrogen) atoms. The van der Waals surface area contributed by atoms with Gasteiger partial charge in [0.2, 0.25) is 0 Å². The van der Waals surface area contributed by atoms with E-state index in [0.29, 0.717) is 0 Å². The highest BCUT2D eigenvalue weighted by Gasteiger charge is 2.09. The molecule has 0 fully saturated rings. The summed E-state index contributed by atoms with van der Waals surface area (Å²) in [5.41, 5.74) is 10.3. The minimum Gasteiger partial charge on any atom is -0.411 e. The normalized spacial score (nSPS) is 14.4. The average Bonchev–Trinajstić information content (AvgIpc) is 1.87. The molecule has 0 bridgehead atoms. The molecular weight excluding hydrogens is 146 g/mol. The lowest BCUT2D eigenvalue weighted by atomic mass is 10.4. The van der Waals surface area contributed by atoms with E-state index in [4.69, 9.17) is 11.5 Å². The van der Waals surface area contributed by atoms with Crippen molar-refractivity contribution in [2.75, 3.05) is 6.67 Å². The number of nitrogens with two attached hydrogens (primary N) is 2. The first-order valence-corrected chi connectivity index (χ1v) is 3.26. The number of hydrogen-bond acceptors (Lipinski definition) is 5. The van der Waals surface area contributed by atoms with Crippen molar-refractivity contribution < 1.29 is 9.53 Å². The topological polar surface area (TPSA) is 90.7 Å². The molecule has 64 valence electrons. The molecule has 0 amide bonds. The van der Waals surface area contributed by atoms with E-state index in [1.165, 1.54) is 6.92 Å². The summed E-state index contributed by atoms with van der Waals surface area (Å²) in [7, 11) is 0. The smallest absolute Gasteiger partial charge is 0.329 e. The van der Waals surface area contributed by atoms with Crippen molar-refractivity contribution in [1.82, 2.24) is 0 Å². The number of carbonyl (C=O) groups is 1. The maximum atomic E-state index is 10.8. The van der Waals surface area contributed by atoms with E-state index in [2.05, 4.69) is 9.73 Å². The highest BCUT2D eigenvalue weighted by Crippen LogP contribution is 1.86. The molecule has 0 saturated carbocycles. The van der Waals surface area contributed by atoms with Crippen LogP contribution < -0.4 is 11.5 Å². The Bertz CT molecular complexity index is 165. The monoisotopic (exact) mass is 159 g/mol. The van der Waals surface area contributed by atoms with Gasteiger partial charge in [-0.05, 0) is 6.92 Å². The summed E-state index contributed by atoms with van der Waals surface area (Å²) in [6.45, 7) is 3.20. The van der Waals surface area contributed by atoms with Crippen molar-refractivity contribution in [1.29, 1.82) is 0 Å². The summed E-state index contributed by atoms with van der Waals surface area (Å²) in [6.07, 6.45) is 0. The number of esters is 1. The van der Waals surface area contributed by atoms with E-state index >= 15 is 0 Å². The number of nitrogens with zero attached hydrogens (tertiary/aromatic N) is 1. The molecule has 0 aliphatic heterocycles. The van der Waals surface area contributed by atoms with E-state index in [-0.39, 0.29) is 12.6 Å². The van der Waals surface area contributed by atoms with E-state index in [9.17, 15) is 4.79 Å². The predicted molar refractivity (Wildman–Crippen MR) is 41.9 cm³/mol. The van der Waals surface area contributed by atoms with Crippen molar-refractivity contribution in [3.05, 3.63) is 0 Å². The van der Waals surface area contributed by atoms with E-state index in [0.717, 1.165) is 0 Å². The molecule has 1 unspecified atom stereocenters. The molecule has 0 rings (SSSR count). The van der Waals surface area contributed by atoms with Crippen LogP contribution in [0.4, 0.5) is 0 Å². The van der Waals surface area contributed by atoms with Crippen molar-refractivity contribution in [3.63, 3.8) is 0 Å². The second kappa shape index (κ2) is 4.81. The van der Waals surface area contributed by atoms with E-state index in [1.807, 2.05) is 0 Å². The molecule has 0 aromatic heterocycles. The quantitative estimate of drug-likeness (QED) is 0.314. The number of carbonyl (C=O) groups excluding carboxylic acids is 1. The first-order valence-electron chi connectivity index (χ1n) is 3.26. The van der Waals surface area contributed by atoms with Crippen molar-refractivity contribution in [2.45, 2.75) is 19.9 Å². The van der Waals surface area contributed by atoms with Gasteiger partial charge in [0, 0.05) is 6.92 Å². The molecule has 0 heterocycles. The average molecular weight is 159 g/mol. The van der Waals surface area contributed by atoms with Gasteiger partial charge in [0.1, 0.15) is 6.04 Å². The third kappa shape index (κ3) is 4.46. The minimum absolute atomic E-state index is 0.109. The highest BCUT2D eigenvalue weighted by atomic mass is 16.5. The summed E-state index contributed by atoms with van der Waals surface area (Å²) < 4.78 is 4.66. The van der Waals surface area contributed by atoms with Crippen LogP contribution in [-0.2, 0) is 9.53 Å². The predicted octanol–water partition coefficient (Wildman–Crippen LogP) is -0.789. The summed E-state index contributed by atoms with van der Waals surface area (Å²) >= 11 is 0. The fraction of sp³-hybridized carbons (Fsp3) is 0.667. The Morgan fingerprint density at radius 1 is 1.73 bits per heavy atom. The largest absolute Gasteiger partial charge is 0.411 e. The van der Waals surface area contributed by atoms with Gasteiger partial charge < -0.3 is 16.2 Å². The molecule has 0 aliphatic carbocycles. The van der Waals surface area contributed by atoms with Gasteiger partial charge in [-0.25, -0.2) is 9.79 Å². The van der Waals surface area contributed by atoms with Gasteiger partial charge in [-0.1, -0.05) is 0 Å². The molecule has 0 spiro atoms. The molecule has 0 saturated heterocycles. The van der Waals surface area contributed by atoms with Crippen molar-refractivity contribution in [3.8, 4) is 0 Å². The van der Waals surface area contributed by atoms with Crippen LogP contribution >= 0.6 is 0 Å². The zero-order valence-electron chi connectivity index (χ0n) is 6.70. The lowest BCUT2D eigenvalue weighted by Crippen LogP contribution is -2.30. The van der Waals surface area contributed by atoms with E-state index < -0.39 is 12.0 Å². The molecule has 0 aromatic rings. The van der Waals surface area contributed by atoms with Gasteiger partial charge in [-0.15, -0.1) is 0 Å². The van der Waals surface area contributed by atoms with E-state index in [1.54, 1.807) is 6.92 Å². The standard InChI is InChI=1S/C6H13N3O2/c1-4(8)6(10)11-5(2)9-3-7/h4H,3,7-8H2,1-2H3/b9-5-. The van der Waals surface area contributed by atoms with Crippen molar-refractivity contribution in [2.24, 2.45) is 16.5 Å². The van der Waals surface area contributed by atoms with Gasteiger partial charge >= 0.3 is 5.97 Å². The molecule has 0 radical (unpaired) electrons. The maximum absolute atomic E-state index is 10.8. The number of rotatable bonds is 2. The Hall–Kier alpha value is -0.940. The lowest BCUT2D eigenvalue weighted by Gasteiger charge is -2.04. The summed E-state index contributed by atoms with van der Waals surface area (Å²) in [5.74, 6) is -0.255. The first-order chi connectivity index (χ1) is 5.07. The number of hydrogen-bond donors (Lipinski definition) is 2. The Morgan fingerprint density at radius 2 is 2.27 bits per heavy atom. The van der Waals surface area contributed by atoms with Crippen LogP contribution in [-0.4, -0.2) is 24.6 Å². The molecule has 4 N–H and O–H groups in total. The molecular formula is C6H13N3O2. The first kappa shape index (κ1) is 10.1. The Labute approximate surface area is 65.4 Å². The fourth-order valence-electron chi connectivity index (χ4n) is 0.399. The van der Waals surface area contributed by atoms with Crippen molar-refractivity contribution >= 4 is 11.9 Å². The third-order valence-corrected chi connectivity index (χ3v) is 0.934. The highest BCUT2D eigenvalue weighted by molar-refractivity contribution is 5.89. The van der Waals surface area contributed by atoms with Crippen LogP contribution in [0.2, 0.25) is 0 Å². The summed E-state index contributed by atoms with van der Waals surface area (Å²) in [5, 5.41) is 0. The molecule has 0 aliphatic rings. The van der Waals surface area contributed by atoms with Crippen LogP contribution in [0.5, 0.6) is 0 Å². The zero-order chi connectivity index (χ0) is 8.85. The van der Waals surface area contributed by atoms with Gasteiger partial charge in [0.25, 0.3) is 0 Å². The second-order valence-corrected chi connectivity index (χ2v) is 2.07. The van der Waals surface area contributed by atoms with Gasteiger partial charge in [-0.3, -0.25) is 0 Å². The minimum atomic E-state index is -0.627. The summed E-state index contributed by atoms with van der Waals surface area (Å²) in [4.78, 5) is 14.4. The van der Waals surface area contributed by atoms with Crippen LogP contribution in [0, 0.1) is 0 Å². The maximum Gasteiger partial charge on any atom is 0.329 e. The summed E-state index contributed by atoms with van der Waals surface area (Å²) in [6, 6.07) is -0.627. The van der Waals surface area contributed by atoms with Gasteiger partial charge in [-0.2, -0.15) is 0 Å². The SMILES string of the molecule is C/C(=N/CN)OC(=O)C(C)N. The molecule has 1 atom stereocenters. The third-order valence-electron chi connectivity index (χ3n) is 0.934. The molecule has 0 aromatic carbocycles. The zero-order valence-corrected chi connectivity index (χ0v) is 6.70. The molecule has 5 heteroatoms. The lowest BCUT2D eigenvalue weighted by molar-refractivity contribution is -0.136. The second-order valence-electron chi connectivity index (χ2n) is 2.07. The van der Waals surface area contributed by atoms with Crippen LogP contribution in [0.3, 0.4) is 0 Å². The van der Waals surface area contributed by atoms with Crippen LogP contribution in [0.1, 0.15) is 13.8 Å². The Morgan fingerprint density at radius 3 is 2.64 bits per heavy atom. The molecule has 5 nitrogen and oxygen atoms in total. The van der Waals surface area contributed by atoms with Gasteiger partial charge in [0.05, 0.1) is 6.67 Å².